The molecule has 0 aromatic heterocycles. The number of hydrogen-bond donors (Lipinski definition) is 3. The average Bonchev–Trinajstić information content (AvgIpc) is 2.59. The van der Waals surface area contributed by atoms with Crippen molar-refractivity contribution >= 4 is 20.0 Å². The average molecular weight is 388 g/mol. The molecule has 0 bridgehead atoms. The van der Waals surface area contributed by atoms with E-state index in [1.54, 1.807) is 0 Å². The molecule has 8 heteroatoms. The van der Waals surface area contributed by atoms with Crippen LogP contribution in [-0.4, -0.2) is 73.2 Å². The summed E-state index contributed by atoms with van der Waals surface area (Å²) in [6.45, 7) is 6.98. The predicted molar refractivity (Wildman–Crippen MR) is 104 cm³/mol. The van der Waals surface area contributed by atoms with Gasteiger partial charge in [-0.25, -0.2) is 4.57 Å². The number of phosphoric ester groups is 1. The van der Waals surface area contributed by atoms with Gasteiger partial charge in [0.05, 0.1) is 34.4 Å². The molecule has 0 radical (unpaired) electrons. The third-order valence-electron chi connectivity index (χ3n) is 3.07. The van der Waals surface area contributed by atoms with Gasteiger partial charge in [-0.05, 0) is 11.1 Å². The Kier molecular flexibility index (Phi) is 11.5. The standard InChI is InChI=1S/C10H10.C8H20NO6P/c1-3-9-5-7-10(4-2)8-6-9;1-9(2,3)4-5-14-16(12,13)15-7-8(11)6-10/h3-8H,1-2H2;8,10-11H,4-7H2,1-3H3/p+1/t;8-/m.1/s1. The van der Waals surface area contributed by atoms with Gasteiger partial charge in [0.15, 0.2) is 0 Å². The van der Waals surface area contributed by atoms with Crippen LogP contribution in [0.2, 0.25) is 0 Å². The molecule has 0 aliphatic carbocycles. The van der Waals surface area contributed by atoms with Gasteiger partial charge in [0.2, 0.25) is 0 Å². The number of benzene rings is 1. The Morgan fingerprint density at radius 3 is 1.92 bits per heavy atom. The molecule has 0 amide bonds. The van der Waals surface area contributed by atoms with Crippen LogP contribution < -0.4 is 0 Å². The number of quaternary nitrogens is 1. The van der Waals surface area contributed by atoms with Gasteiger partial charge >= 0.3 is 7.82 Å². The van der Waals surface area contributed by atoms with Crippen molar-refractivity contribution in [3.8, 4) is 0 Å². The van der Waals surface area contributed by atoms with Crippen molar-refractivity contribution in [3.05, 3.63) is 48.6 Å². The Morgan fingerprint density at radius 1 is 1.12 bits per heavy atom. The summed E-state index contributed by atoms with van der Waals surface area (Å²) >= 11 is 0. The lowest BCUT2D eigenvalue weighted by Gasteiger charge is -2.24. The number of likely N-dealkylation sites (N-methyl/N-ethyl adjacent to an activating group) is 1. The van der Waals surface area contributed by atoms with Crippen molar-refractivity contribution in [3.63, 3.8) is 0 Å². The van der Waals surface area contributed by atoms with E-state index in [9.17, 15) is 4.57 Å². The number of aliphatic hydroxyl groups excluding tert-OH is 2. The first-order valence-corrected chi connectivity index (χ1v) is 9.58. The summed E-state index contributed by atoms with van der Waals surface area (Å²) in [5, 5.41) is 17.4. The first-order chi connectivity index (χ1) is 12.0. The van der Waals surface area contributed by atoms with Gasteiger partial charge in [-0.15, -0.1) is 0 Å². The smallest absolute Gasteiger partial charge is 0.394 e. The summed E-state index contributed by atoms with van der Waals surface area (Å²) in [5.74, 6) is 0. The highest BCUT2D eigenvalue weighted by molar-refractivity contribution is 7.47. The molecule has 0 aliphatic rings. The van der Waals surface area contributed by atoms with E-state index < -0.39 is 27.1 Å². The highest BCUT2D eigenvalue weighted by Gasteiger charge is 2.23. The van der Waals surface area contributed by atoms with Gasteiger partial charge in [-0.3, -0.25) is 9.05 Å². The van der Waals surface area contributed by atoms with Crippen molar-refractivity contribution in [2.45, 2.75) is 6.10 Å². The van der Waals surface area contributed by atoms with E-state index in [4.69, 9.17) is 15.1 Å². The molecule has 0 saturated heterocycles. The van der Waals surface area contributed by atoms with E-state index in [2.05, 4.69) is 22.2 Å². The molecular formula is C18H31NO6P+. The van der Waals surface area contributed by atoms with Crippen LogP contribution in [0.3, 0.4) is 0 Å². The Morgan fingerprint density at radius 2 is 1.58 bits per heavy atom. The van der Waals surface area contributed by atoms with E-state index in [-0.39, 0.29) is 6.61 Å². The fourth-order valence-corrected chi connectivity index (χ4v) is 2.22. The van der Waals surface area contributed by atoms with Crippen molar-refractivity contribution < 1.29 is 33.2 Å². The van der Waals surface area contributed by atoms with Crippen LogP contribution in [0.25, 0.3) is 12.2 Å². The van der Waals surface area contributed by atoms with Crippen LogP contribution in [-0.2, 0) is 13.6 Å². The van der Waals surface area contributed by atoms with Crippen molar-refractivity contribution in [1.29, 1.82) is 0 Å². The zero-order valence-corrected chi connectivity index (χ0v) is 16.6. The second kappa shape index (κ2) is 12.1. The van der Waals surface area contributed by atoms with E-state index in [1.807, 2.05) is 57.6 Å². The quantitative estimate of drug-likeness (QED) is 0.420. The topological polar surface area (TPSA) is 96.2 Å². The van der Waals surface area contributed by atoms with Crippen molar-refractivity contribution in [1.82, 2.24) is 0 Å². The van der Waals surface area contributed by atoms with Gasteiger partial charge in [-0.2, -0.15) is 0 Å². The zero-order valence-electron chi connectivity index (χ0n) is 15.7. The van der Waals surface area contributed by atoms with Crippen LogP contribution in [0, 0.1) is 0 Å². The molecule has 1 rings (SSSR count). The lowest BCUT2D eigenvalue weighted by Crippen LogP contribution is -2.37. The largest absolute Gasteiger partial charge is 0.472 e. The second-order valence-corrected chi connectivity index (χ2v) is 7.98. The molecule has 1 unspecified atom stereocenters. The Bertz CT molecular complexity index is 555. The highest BCUT2D eigenvalue weighted by Crippen LogP contribution is 2.43. The number of hydrogen-bond acceptors (Lipinski definition) is 5. The van der Waals surface area contributed by atoms with Gasteiger partial charge < -0.3 is 19.6 Å². The third-order valence-corrected chi connectivity index (χ3v) is 4.05. The minimum absolute atomic E-state index is 0.0759. The van der Waals surface area contributed by atoms with Crippen molar-refractivity contribution in [2.75, 3.05) is 47.5 Å². The van der Waals surface area contributed by atoms with Crippen LogP contribution in [0.4, 0.5) is 0 Å². The molecule has 2 atom stereocenters. The maximum absolute atomic E-state index is 11.2. The van der Waals surface area contributed by atoms with E-state index in [0.717, 1.165) is 11.1 Å². The van der Waals surface area contributed by atoms with E-state index in [0.29, 0.717) is 11.0 Å². The summed E-state index contributed by atoms with van der Waals surface area (Å²) < 4.78 is 21.0. The van der Waals surface area contributed by atoms with Gasteiger partial charge in [0.1, 0.15) is 19.3 Å². The first-order valence-electron chi connectivity index (χ1n) is 8.09. The molecule has 0 aliphatic heterocycles. The van der Waals surface area contributed by atoms with E-state index >= 15 is 0 Å². The molecule has 0 spiro atoms. The maximum atomic E-state index is 11.2. The number of rotatable bonds is 10. The third kappa shape index (κ3) is 13.0. The molecule has 1 aromatic rings. The highest BCUT2D eigenvalue weighted by atomic mass is 31.2. The first kappa shape index (κ1) is 24.7. The molecule has 3 N–H and O–H groups in total. The molecule has 0 saturated carbocycles. The van der Waals surface area contributed by atoms with Crippen LogP contribution >= 0.6 is 7.82 Å². The van der Waals surface area contributed by atoms with Crippen molar-refractivity contribution in [2.24, 2.45) is 0 Å². The normalized spacial score (nSPS) is 14.5. The Hall–Kier alpha value is -1.31. The lowest BCUT2D eigenvalue weighted by atomic mass is 10.1. The Balaban J connectivity index is 0.000000531. The molecule has 26 heavy (non-hydrogen) atoms. The Labute approximate surface area is 156 Å². The minimum Gasteiger partial charge on any atom is -0.394 e. The summed E-state index contributed by atoms with van der Waals surface area (Å²) in [6, 6.07) is 8.07. The van der Waals surface area contributed by atoms with Crippen LogP contribution in [0.15, 0.2) is 37.4 Å². The lowest BCUT2D eigenvalue weighted by molar-refractivity contribution is -0.870. The molecule has 148 valence electrons. The second-order valence-electron chi connectivity index (χ2n) is 6.52. The SMILES string of the molecule is C=Cc1ccc(C=C)cc1.C[N+](C)(C)CCOP(=O)(O)OC[C@H](O)CO. The molecule has 0 heterocycles. The van der Waals surface area contributed by atoms with Gasteiger partial charge in [-0.1, -0.05) is 49.6 Å². The van der Waals surface area contributed by atoms with Crippen LogP contribution in [0.1, 0.15) is 11.1 Å². The summed E-state index contributed by atoms with van der Waals surface area (Å²) in [7, 11) is 1.63. The number of aliphatic hydroxyl groups is 2. The fraction of sp³-hybridized carbons (Fsp3) is 0.444. The molecule has 7 nitrogen and oxygen atoms in total. The molecule has 1 aromatic carbocycles. The molecular weight excluding hydrogens is 357 g/mol. The van der Waals surface area contributed by atoms with Crippen LogP contribution in [0.5, 0.6) is 0 Å². The summed E-state index contributed by atoms with van der Waals surface area (Å²) in [6.07, 6.45) is 2.47. The predicted octanol–water partition coefficient (Wildman–Crippen LogP) is 2.15. The van der Waals surface area contributed by atoms with Gasteiger partial charge in [0.25, 0.3) is 0 Å². The zero-order chi connectivity index (χ0) is 20.2. The summed E-state index contributed by atoms with van der Waals surface area (Å²) in [4.78, 5) is 9.17. The van der Waals surface area contributed by atoms with Gasteiger partial charge in [0, 0.05) is 0 Å². The fourth-order valence-electron chi connectivity index (χ4n) is 1.47. The minimum atomic E-state index is -4.13. The monoisotopic (exact) mass is 388 g/mol. The summed E-state index contributed by atoms with van der Waals surface area (Å²) in [5.41, 5.74) is 2.29. The number of phosphoric acid groups is 1. The number of nitrogens with zero attached hydrogens (tertiary/aromatic N) is 1. The molecule has 0 fully saturated rings. The maximum Gasteiger partial charge on any atom is 0.472 e. The van der Waals surface area contributed by atoms with E-state index in [1.165, 1.54) is 0 Å².